The van der Waals surface area contributed by atoms with Crippen LogP contribution in [0.25, 0.3) is 21.5 Å². The number of fused-ring (bicyclic) bond motifs is 4. The standard InChI is InChI=1S/C26H21NOS/c1-15(2)26(28)27-24-20-11-16-7-3-5-9-18(16)13-22(20)25(29)23-14-19-10-6-4-8-17(19)12-21(23)24/h3-14,24-25,29H,1H2,2H3,(H,27,28). The van der Waals surface area contributed by atoms with Crippen molar-refractivity contribution in [1.29, 1.82) is 0 Å². The summed E-state index contributed by atoms with van der Waals surface area (Å²) in [4.78, 5) is 12.6. The Labute approximate surface area is 175 Å². The Kier molecular flexibility index (Phi) is 4.21. The predicted octanol–water partition coefficient (Wildman–Crippen LogP) is 6.11. The highest BCUT2D eigenvalue weighted by atomic mass is 32.1. The number of hydrogen-bond acceptors (Lipinski definition) is 2. The molecule has 0 heterocycles. The first-order chi connectivity index (χ1) is 14.0. The second-order valence-corrected chi connectivity index (χ2v) is 8.26. The molecule has 0 aromatic heterocycles. The Hall–Kier alpha value is -3.04. The summed E-state index contributed by atoms with van der Waals surface area (Å²) in [7, 11) is 0. The molecule has 0 saturated heterocycles. The minimum absolute atomic E-state index is 0.0489. The lowest BCUT2D eigenvalue weighted by Crippen LogP contribution is -2.33. The maximum atomic E-state index is 12.6. The first-order valence-corrected chi connectivity index (χ1v) is 10.2. The SMILES string of the molecule is C=C(C)C(=O)NC1c2cc3ccccc3cc2C(S)c2cc3ccccc3cc21. The monoisotopic (exact) mass is 395 g/mol. The van der Waals surface area contributed by atoms with E-state index >= 15 is 0 Å². The van der Waals surface area contributed by atoms with Gasteiger partial charge in [0.05, 0.1) is 11.3 Å². The Balaban J connectivity index is 1.79. The van der Waals surface area contributed by atoms with Gasteiger partial charge in [-0.25, -0.2) is 0 Å². The maximum absolute atomic E-state index is 12.6. The van der Waals surface area contributed by atoms with Crippen LogP contribution in [0.1, 0.15) is 40.5 Å². The molecule has 1 aliphatic rings. The number of carbonyl (C=O) groups excluding carboxylic acids is 1. The molecule has 1 N–H and O–H groups in total. The molecular weight excluding hydrogens is 374 g/mol. The molecule has 4 aromatic rings. The van der Waals surface area contributed by atoms with Crippen molar-refractivity contribution < 1.29 is 4.79 Å². The minimum Gasteiger partial charge on any atom is -0.341 e. The van der Waals surface area contributed by atoms with Gasteiger partial charge in [-0.3, -0.25) is 4.79 Å². The first kappa shape index (κ1) is 18.0. The lowest BCUT2D eigenvalue weighted by Gasteiger charge is -2.33. The quantitative estimate of drug-likeness (QED) is 0.311. The molecule has 1 amide bonds. The highest BCUT2D eigenvalue weighted by Gasteiger charge is 2.32. The smallest absolute Gasteiger partial charge is 0.247 e. The summed E-state index contributed by atoms with van der Waals surface area (Å²) in [5.74, 6) is -0.133. The number of benzene rings is 4. The van der Waals surface area contributed by atoms with E-state index in [2.05, 4.69) is 60.4 Å². The van der Waals surface area contributed by atoms with Crippen LogP contribution in [0.4, 0.5) is 0 Å². The molecular formula is C26H21NOS. The van der Waals surface area contributed by atoms with E-state index in [1.54, 1.807) is 6.92 Å². The first-order valence-electron chi connectivity index (χ1n) is 9.72. The Bertz CT molecular complexity index is 1220. The van der Waals surface area contributed by atoms with Gasteiger partial charge in [-0.2, -0.15) is 12.6 Å². The number of thiol groups is 1. The summed E-state index contributed by atoms with van der Waals surface area (Å²) in [5.41, 5.74) is 4.98. The summed E-state index contributed by atoms with van der Waals surface area (Å²) < 4.78 is 0. The fourth-order valence-corrected chi connectivity index (χ4v) is 4.72. The molecule has 0 spiro atoms. The van der Waals surface area contributed by atoms with Crippen molar-refractivity contribution in [2.45, 2.75) is 18.2 Å². The largest absolute Gasteiger partial charge is 0.341 e. The fourth-order valence-electron chi connectivity index (χ4n) is 4.27. The van der Waals surface area contributed by atoms with E-state index in [1.165, 1.54) is 10.8 Å². The number of hydrogen-bond donors (Lipinski definition) is 2. The van der Waals surface area contributed by atoms with Gasteiger partial charge in [-0.1, -0.05) is 55.1 Å². The third kappa shape index (κ3) is 2.93. The Morgan fingerprint density at radius 3 is 1.55 bits per heavy atom. The molecule has 0 aliphatic heterocycles. The minimum atomic E-state index is -0.234. The second kappa shape index (κ2) is 6.78. The van der Waals surface area contributed by atoms with E-state index in [0.29, 0.717) is 5.57 Å². The molecule has 0 saturated carbocycles. The molecule has 2 nitrogen and oxygen atoms in total. The lowest BCUT2D eigenvalue weighted by atomic mass is 9.79. The van der Waals surface area contributed by atoms with Crippen LogP contribution in [-0.4, -0.2) is 5.91 Å². The Morgan fingerprint density at radius 1 is 0.793 bits per heavy atom. The zero-order chi connectivity index (χ0) is 20.1. The second-order valence-electron chi connectivity index (χ2n) is 7.75. The summed E-state index contributed by atoms with van der Waals surface area (Å²) in [5, 5.41) is 7.84. The van der Waals surface area contributed by atoms with Crippen LogP contribution in [0.5, 0.6) is 0 Å². The molecule has 1 aliphatic carbocycles. The van der Waals surface area contributed by atoms with Crippen molar-refractivity contribution in [3.05, 3.63) is 107 Å². The van der Waals surface area contributed by atoms with Gasteiger partial charge in [0.15, 0.2) is 0 Å². The van der Waals surface area contributed by atoms with Crippen LogP contribution in [0.15, 0.2) is 84.9 Å². The number of carbonyl (C=O) groups is 1. The highest BCUT2D eigenvalue weighted by Crippen LogP contribution is 2.46. The van der Waals surface area contributed by atoms with Gasteiger partial charge in [-0.15, -0.1) is 0 Å². The van der Waals surface area contributed by atoms with Crippen molar-refractivity contribution >= 4 is 40.1 Å². The van der Waals surface area contributed by atoms with Crippen LogP contribution in [0.3, 0.4) is 0 Å². The van der Waals surface area contributed by atoms with E-state index in [0.717, 1.165) is 33.0 Å². The maximum Gasteiger partial charge on any atom is 0.247 e. The van der Waals surface area contributed by atoms with Crippen molar-refractivity contribution in [1.82, 2.24) is 5.32 Å². The molecule has 142 valence electrons. The van der Waals surface area contributed by atoms with Gasteiger partial charge in [0.2, 0.25) is 5.91 Å². The fraction of sp³-hybridized carbons (Fsp3) is 0.115. The average Bonchev–Trinajstić information content (AvgIpc) is 2.74. The topological polar surface area (TPSA) is 29.1 Å². The molecule has 29 heavy (non-hydrogen) atoms. The van der Waals surface area contributed by atoms with Crippen LogP contribution >= 0.6 is 12.6 Å². The van der Waals surface area contributed by atoms with Crippen LogP contribution < -0.4 is 5.32 Å². The van der Waals surface area contributed by atoms with E-state index in [-0.39, 0.29) is 17.2 Å². The average molecular weight is 396 g/mol. The van der Waals surface area contributed by atoms with Gasteiger partial charge in [0.1, 0.15) is 0 Å². The molecule has 0 radical (unpaired) electrons. The normalized spacial score (nSPS) is 17.6. The molecule has 0 atom stereocenters. The number of rotatable bonds is 2. The van der Waals surface area contributed by atoms with Gasteiger partial charge in [0.25, 0.3) is 0 Å². The zero-order valence-electron chi connectivity index (χ0n) is 16.1. The van der Waals surface area contributed by atoms with Crippen LogP contribution in [0.2, 0.25) is 0 Å². The van der Waals surface area contributed by atoms with Crippen molar-refractivity contribution in [3.8, 4) is 0 Å². The zero-order valence-corrected chi connectivity index (χ0v) is 17.0. The van der Waals surface area contributed by atoms with E-state index < -0.39 is 0 Å². The Morgan fingerprint density at radius 2 is 1.17 bits per heavy atom. The van der Waals surface area contributed by atoms with Crippen molar-refractivity contribution in [3.63, 3.8) is 0 Å². The third-order valence-corrected chi connectivity index (χ3v) is 6.33. The predicted molar refractivity (Wildman–Crippen MR) is 124 cm³/mol. The molecule has 0 unspecified atom stereocenters. The summed E-state index contributed by atoms with van der Waals surface area (Å²) >= 11 is 5.01. The lowest BCUT2D eigenvalue weighted by molar-refractivity contribution is -0.117. The van der Waals surface area contributed by atoms with Gasteiger partial charge in [0, 0.05) is 5.57 Å². The van der Waals surface area contributed by atoms with Gasteiger partial charge in [-0.05, 0) is 75.0 Å². The van der Waals surface area contributed by atoms with E-state index in [9.17, 15) is 4.79 Å². The summed E-state index contributed by atoms with van der Waals surface area (Å²) in [6, 6.07) is 25.2. The van der Waals surface area contributed by atoms with E-state index in [1.807, 2.05) is 24.3 Å². The van der Waals surface area contributed by atoms with E-state index in [4.69, 9.17) is 12.6 Å². The highest BCUT2D eigenvalue weighted by molar-refractivity contribution is 7.80. The molecule has 5 rings (SSSR count). The van der Waals surface area contributed by atoms with Crippen molar-refractivity contribution in [2.24, 2.45) is 0 Å². The molecule has 4 aromatic carbocycles. The molecule has 0 fully saturated rings. The number of nitrogens with one attached hydrogen (secondary N) is 1. The van der Waals surface area contributed by atoms with Crippen LogP contribution in [0, 0.1) is 0 Å². The number of amides is 1. The van der Waals surface area contributed by atoms with Gasteiger partial charge >= 0.3 is 0 Å². The molecule has 3 heteroatoms. The molecule has 0 bridgehead atoms. The summed E-state index contributed by atoms with van der Waals surface area (Å²) in [6.07, 6.45) is 0. The van der Waals surface area contributed by atoms with Gasteiger partial charge < -0.3 is 5.32 Å². The summed E-state index contributed by atoms with van der Waals surface area (Å²) in [6.45, 7) is 5.56. The van der Waals surface area contributed by atoms with Crippen molar-refractivity contribution in [2.75, 3.05) is 0 Å². The third-order valence-electron chi connectivity index (χ3n) is 5.78. The van der Waals surface area contributed by atoms with Crippen LogP contribution in [-0.2, 0) is 4.79 Å².